The summed E-state index contributed by atoms with van der Waals surface area (Å²) >= 11 is 5.93. The van der Waals surface area contributed by atoms with Crippen LogP contribution in [0, 0.1) is 0 Å². The molecular weight excluding hydrogens is 530 g/mol. The van der Waals surface area contributed by atoms with Gasteiger partial charge in [0.1, 0.15) is 18.4 Å². The van der Waals surface area contributed by atoms with E-state index in [0.717, 1.165) is 16.1 Å². The molecule has 0 fully saturated rings. The number of amides is 1. The molecule has 0 aliphatic carbocycles. The molecular formula is C27H30ClN3O6S. The number of ether oxygens (including phenoxy) is 3. The summed E-state index contributed by atoms with van der Waals surface area (Å²) < 4.78 is 42.7. The molecule has 0 aromatic heterocycles. The van der Waals surface area contributed by atoms with E-state index in [9.17, 15) is 13.2 Å². The highest BCUT2D eigenvalue weighted by atomic mass is 35.5. The van der Waals surface area contributed by atoms with E-state index >= 15 is 0 Å². The lowest BCUT2D eigenvalue weighted by atomic mass is 10.2. The third-order valence-electron chi connectivity index (χ3n) is 5.38. The highest BCUT2D eigenvalue weighted by molar-refractivity contribution is 7.92. The Bertz CT molecular complexity index is 1360. The van der Waals surface area contributed by atoms with Crippen LogP contribution >= 0.6 is 11.6 Å². The molecule has 1 N–H and O–H groups in total. The Balaban J connectivity index is 1.69. The van der Waals surface area contributed by atoms with Gasteiger partial charge in [-0.05, 0) is 79.6 Å². The summed E-state index contributed by atoms with van der Waals surface area (Å²) in [6, 6.07) is 17.9. The number of hydrogen-bond donors (Lipinski definition) is 1. The Kier molecular flexibility index (Phi) is 9.98. The van der Waals surface area contributed by atoms with E-state index in [4.69, 9.17) is 25.8 Å². The molecule has 0 bridgehead atoms. The van der Waals surface area contributed by atoms with Crippen molar-refractivity contribution in [3.05, 3.63) is 82.9 Å². The van der Waals surface area contributed by atoms with Crippen molar-refractivity contribution in [2.24, 2.45) is 5.10 Å². The fourth-order valence-electron chi connectivity index (χ4n) is 3.54. The van der Waals surface area contributed by atoms with Crippen molar-refractivity contribution in [1.29, 1.82) is 0 Å². The Morgan fingerprint density at radius 2 is 1.74 bits per heavy atom. The summed E-state index contributed by atoms with van der Waals surface area (Å²) in [5.41, 5.74) is 4.34. The Morgan fingerprint density at radius 3 is 2.34 bits per heavy atom. The SMILES string of the molecule is CCOc1cc(C=NNC(=O)[C@H](C)N(c2ccc(OC)cc2)S(C)(=O)=O)ccc1OCc1ccc(Cl)cc1. The van der Waals surface area contributed by atoms with Gasteiger partial charge in [-0.15, -0.1) is 0 Å². The lowest BCUT2D eigenvalue weighted by molar-refractivity contribution is -0.121. The van der Waals surface area contributed by atoms with E-state index in [-0.39, 0.29) is 0 Å². The number of anilines is 1. The highest BCUT2D eigenvalue weighted by Gasteiger charge is 2.29. The topological polar surface area (TPSA) is 107 Å². The van der Waals surface area contributed by atoms with Crippen LogP contribution in [0.2, 0.25) is 5.02 Å². The fourth-order valence-corrected chi connectivity index (χ4v) is 4.84. The van der Waals surface area contributed by atoms with Gasteiger partial charge in [0, 0.05) is 5.02 Å². The van der Waals surface area contributed by atoms with Crippen LogP contribution in [0.15, 0.2) is 71.8 Å². The number of hydrogen-bond acceptors (Lipinski definition) is 7. The van der Waals surface area contributed by atoms with Crippen LogP contribution in [-0.4, -0.2) is 46.6 Å². The molecule has 0 saturated heterocycles. The van der Waals surface area contributed by atoms with Gasteiger partial charge in [-0.1, -0.05) is 23.7 Å². The zero-order valence-corrected chi connectivity index (χ0v) is 23.1. The number of benzene rings is 3. The molecule has 0 unspecified atom stereocenters. The monoisotopic (exact) mass is 559 g/mol. The van der Waals surface area contributed by atoms with Crippen LogP contribution in [0.3, 0.4) is 0 Å². The summed E-state index contributed by atoms with van der Waals surface area (Å²) in [5.74, 6) is 1.04. The van der Waals surface area contributed by atoms with Gasteiger partial charge >= 0.3 is 0 Å². The molecule has 11 heteroatoms. The molecule has 0 spiro atoms. The summed E-state index contributed by atoms with van der Waals surface area (Å²) in [4.78, 5) is 12.8. The number of carbonyl (C=O) groups is 1. The molecule has 1 atom stereocenters. The van der Waals surface area contributed by atoms with Gasteiger partial charge in [-0.3, -0.25) is 9.10 Å². The minimum absolute atomic E-state index is 0.329. The number of sulfonamides is 1. The summed E-state index contributed by atoms with van der Waals surface area (Å²) in [7, 11) is -2.25. The molecule has 0 heterocycles. The largest absolute Gasteiger partial charge is 0.497 e. The minimum atomic E-state index is -3.76. The standard InChI is InChI=1S/C27H30ClN3O6S/c1-5-36-26-16-21(8-15-25(26)37-18-20-6-9-22(28)10-7-20)17-29-30-27(32)19(2)31(38(4,33)34)23-11-13-24(35-3)14-12-23/h6-17,19H,5,18H2,1-4H3,(H,30,32)/t19-/m0/s1. The molecule has 0 radical (unpaired) electrons. The summed E-state index contributed by atoms with van der Waals surface area (Å²) in [6.45, 7) is 4.11. The van der Waals surface area contributed by atoms with Crippen molar-refractivity contribution >= 4 is 39.4 Å². The average Bonchev–Trinajstić information content (AvgIpc) is 2.89. The summed E-state index contributed by atoms with van der Waals surface area (Å²) in [5, 5.41) is 4.66. The maximum atomic E-state index is 12.8. The molecule has 3 rings (SSSR count). The van der Waals surface area contributed by atoms with Gasteiger partial charge in [0.05, 0.1) is 31.9 Å². The predicted molar refractivity (Wildman–Crippen MR) is 149 cm³/mol. The number of halogens is 1. The van der Waals surface area contributed by atoms with E-state index in [1.54, 1.807) is 54.6 Å². The van der Waals surface area contributed by atoms with Gasteiger partial charge in [-0.25, -0.2) is 13.8 Å². The maximum Gasteiger partial charge on any atom is 0.263 e. The molecule has 0 saturated carbocycles. The summed E-state index contributed by atoms with van der Waals surface area (Å²) in [6.07, 6.45) is 2.48. The van der Waals surface area contributed by atoms with Crippen LogP contribution in [0.1, 0.15) is 25.0 Å². The zero-order valence-electron chi connectivity index (χ0n) is 21.5. The molecule has 1 amide bonds. The lowest BCUT2D eigenvalue weighted by Crippen LogP contribution is -2.46. The van der Waals surface area contributed by atoms with E-state index in [1.165, 1.54) is 20.2 Å². The molecule has 38 heavy (non-hydrogen) atoms. The van der Waals surface area contributed by atoms with Crippen molar-refractivity contribution in [3.63, 3.8) is 0 Å². The highest BCUT2D eigenvalue weighted by Crippen LogP contribution is 2.29. The van der Waals surface area contributed by atoms with E-state index in [0.29, 0.717) is 46.7 Å². The smallest absolute Gasteiger partial charge is 0.263 e. The molecule has 0 aliphatic heterocycles. The minimum Gasteiger partial charge on any atom is -0.497 e. The maximum absolute atomic E-state index is 12.8. The van der Waals surface area contributed by atoms with Gasteiger partial charge < -0.3 is 14.2 Å². The molecule has 3 aromatic carbocycles. The van der Waals surface area contributed by atoms with E-state index in [1.807, 2.05) is 19.1 Å². The second-order valence-corrected chi connectivity index (χ2v) is 10.5. The van der Waals surface area contributed by atoms with Gasteiger partial charge in [-0.2, -0.15) is 5.10 Å². The predicted octanol–water partition coefficient (Wildman–Crippen LogP) is 4.63. The third kappa shape index (κ3) is 7.87. The number of hydrazone groups is 1. The van der Waals surface area contributed by atoms with Crippen LogP contribution in [0.25, 0.3) is 0 Å². The molecule has 3 aromatic rings. The third-order valence-corrected chi connectivity index (χ3v) is 6.87. The van der Waals surface area contributed by atoms with Crippen LogP contribution in [-0.2, 0) is 21.4 Å². The first-order valence-corrected chi connectivity index (χ1v) is 14.0. The number of rotatable bonds is 12. The van der Waals surface area contributed by atoms with Crippen molar-refractivity contribution in [2.75, 3.05) is 24.3 Å². The second-order valence-electron chi connectivity index (χ2n) is 8.22. The molecule has 9 nitrogen and oxygen atoms in total. The number of nitrogens with zero attached hydrogens (tertiary/aromatic N) is 2. The Morgan fingerprint density at radius 1 is 1.05 bits per heavy atom. The average molecular weight is 560 g/mol. The van der Waals surface area contributed by atoms with Crippen LogP contribution < -0.4 is 23.9 Å². The second kappa shape index (κ2) is 13.2. The normalized spacial score (nSPS) is 12.1. The molecule has 202 valence electrons. The first kappa shape index (κ1) is 28.8. The Hall–Kier alpha value is -3.76. The zero-order chi connectivity index (χ0) is 27.7. The van der Waals surface area contributed by atoms with Gasteiger partial charge in [0.15, 0.2) is 11.5 Å². The van der Waals surface area contributed by atoms with Gasteiger partial charge in [0.25, 0.3) is 5.91 Å². The first-order chi connectivity index (χ1) is 18.1. The quantitative estimate of drug-likeness (QED) is 0.256. The number of nitrogens with one attached hydrogen (secondary N) is 1. The van der Waals surface area contributed by atoms with Crippen LogP contribution in [0.4, 0.5) is 5.69 Å². The fraction of sp³-hybridized carbons (Fsp3) is 0.259. The van der Waals surface area contributed by atoms with E-state index in [2.05, 4.69) is 10.5 Å². The Labute approximate surface area is 228 Å². The van der Waals surface area contributed by atoms with Crippen molar-refractivity contribution < 1.29 is 27.4 Å². The molecule has 0 aliphatic rings. The van der Waals surface area contributed by atoms with Crippen molar-refractivity contribution in [2.45, 2.75) is 26.5 Å². The number of carbonyl (C=O) groups excluding carboxylic acids is 1. The lowest BCUT2D eigenvalue weighted by Gasteiger charge is -2.27. The van der Waals surface area contributed by atoms with Crippen molar-refractivity contribution in [3.8, 4) is 17.2 Å². The van der Waals surface area contributed by atoms with Crippen LogP contribution in [0.5, 0.6) is 17.2 Å². The first-order valence-electron chi connectivity index (χ1n) is 11.7. The number of methoxy groups -OCH3 is 1. The van der Waals surface area contributed by atoms with Crippen molar-refractivity contribution in [1.82, 2.24) is 5.43 Å². The van der Waals surface area contributed by atoms with E-state index < -0.39 is 22.0 Å². The van der Waals surface area contributed by atoms with Gasteiger partial charge in [0.2, 0.25) is 10.0 Å².